The number of benzene rings is 1. The zero-order chi connectivity index (χ0) is 15.5. The molecule has 0 spiro atoms. The third-order valence-electron chi connectivity index (χ3n) is 3.20. The molecular weight excluding hydrogens is 280 g/mol. The first-order valence-electron chi connectivity index (χ1n) is 6.83. The second-order valence-corrected chi connectivity index (χ2v) is 4.85. The van der Waals surface area contributed by atoms with Crippen LogP contribution in [-0.4, -0.2) is 23.3 Å². The topological polar surface area (TPSA) is 72.5 Å². The van der Waals surface area contributed by atoms with Crippen LogP contribution in [0.2, 0.25) is 0 Å². The van der Waals surface area contributed by atoms with Crippen molar-refractivity contribution in [1.82, 2.24) is 9.97 Å². The number of rotatable bonds is 4. The highest BCUT2D eigenvalue weighted by Crippen LogP contribution is 2.20. The molecule has 1 N–H and O–H groups in total. The fourth-order valence-electron chi connectivity index (χ4n) is 2.09. The van der Waals surface area contributed by atoms with Gasteiger partial charge in [-0.15, -0.1) is 0 Å². The van der Waals surface area contributed by atoms with Crippen LogP contribution < -0.4 is 10.2 Å². The van der Waals surface area contributed by atoms with E-state index in [4.69, 9.17) is 9.15 Å². The van der Waals surface area contributed by atoms with E-state index in [1.807, 2.05) is 44.2 Å². The SMILES string of the molecule is COc1ccc(/C=N/Nc2nc(C)c3cc(C)oc3n2)cc1. The molecule has 0 aliphatic carbocycles. The lowest BCUT2D eigenvalue weighted by atomic mass is 10.2. The van der Waals surface area contributed by atoms with Crippen LogP contribution in [0.15, 0.2) is 39.9 Å². The number of aryl methyl sites for hydroxylation is 2. The molecule has 0 saturated carbocycles. The lowest BCUT2D eigenvalue weighted by Crippen LogP contribution is -1.98. The molecule has 3 aromatic rings. The lowest BCUT2D eigenvalue weighted by molar-refractivity contribution is 0.415. The van der Waals surface area contributed by atoms with Gasteiger partial charge in [-0.25, -0.2) is 10.4 Å². The van der Waals surface area contributed by atoms with E-state index in [1.54, 1.807) is 13.3 Å². The van der Waals surface area contributed by atoms with Crippen molar-refractivity contribution in [3.8, 4) is 5.75 Å². The number of aromatic nitrogens is 2. The van der Waals surface area contributed by atoms with Crippen molar-refractivity contribution < 1.29 is 9.15 Å². The summed E-state index contributed by atoms with van der Waals surface area (Å²) in [6.07, 6.45) is 1.69. The highest BCUT2D eigenvalue weighted by atomic mass is 16.5. The molecule has 6 heteroatoms. The van der Waals surface area contributed by atoms with Gasteiger partial charge in [-0.1, -0.05) is 0 Å². The monoisotopic (exact) mass is 296 g/mol. The highest BCUT2D eigenvalue weighted by Gasteiger charge is 2.08. The Hall–Kier alpha value is -2.89. The quantitative estimate of drug-likeness (QED) is 0.591. The second-order valence-electron chi connectivity index (χ2n) is 4.85. The third-order valence-corrected chi connectivity index (χ3v) is 3.20. The number of hydrazone groups is 1. The van der Waals surface area contributed by atoms with Gasteiger partial charge >= 0.3 is 0 Å². The molecule has 0 fully saturated rings. The summed E-state index contributed by atoms with van der Waals surface area (Å²) in [5.74, 6) is 2.03. The maximum Gasteiger partial charge on any atom is 0.247 e. The molecule has 3 rings (SSSR count). The average molecular weight is 296 g/mol. The number of hydrogen-bond acceptors (Lipinski definition) is 6. The van der Waals surface area contributed by atoms with Crippen LogP contribution in [0, 0.1) is 13.8 Å². The van der Waals surface area contributed by atoms with Gasteiger partial charge in [-0.3, -0.25) is 0 Å². The van der Waals surface area contributed by atoms with Crippen molar-refractivity contribution in [2.24, 2.45) is 5.10 Å². The first kappa shape index (κ1) is 14.1. The molecule has 0 unspecified atom stereocenters. The minimum Gasteiger partial charge on any atom is -0.497 e. The third kappa shape index (κ3) is 2.90. The minimum atomic E-state index is 0.407. The zero-order valence-corrected chi connectivity index (χ0v) is 12.6. The van der Waals surface area contributed by atoms with Gasteiger partial charge in [-0.05, 0) is 49.7 Å². The molecule has 0 atom stereocenters. The van der Waals surface area contributed by atoms with Gasteiger partial charge in [0, 0.05) is 0 Å². The van der Waals surface area contributed by atoms with Gasteiger partial charge in [0.15, 0.2) is 0 Å². The second kappa shape index (κ2) is 5.85. The Morgan fingerprint density at radius 3 is 2.68 bits per heavy atom. The standard InChI is InChI=1S/C16H16N4O2/c1-10-8-14-11(2)18-16(19-15(14)22-10)20-17-9-12-4-6-13(21-3)7-5-12/h4-9H,1-3H3,(H,18,19,20)/b17-9+. The van der Waals surface area contributed by atoms with Crippen molar-refractivity contribution >= 4 is 23.3 Å². The summed E-state index contributed by atoms with van der Waals surface area (Å²) in [5, 5.41) is 5.06. The van der Waals surface area contributed by atoms with Crippen molar-refractivity contribution in [3.05, 3.63) is 47.3 Å². The largest absolute Gasteiger partial charge is 0.497 e. The molecule has 0 aliphatic heterocycles. The smallest absolute Gasteiger partial charge is 0.247 e. The van der Waals surface area contributed by atoms with Crippen LogP contribution in [0.5, 0.6) is 5.75 Å². The lowest BCUT2D eigenvalue weighted by Gasteiger charge is -2.01. The molecule has 0 aliphatic rings. The van der Waals surface area contributed by atoms with E-state index in [2.05, 4.69) is 20.5 Å². The zero-order valence-electron chi connectivity index (χ0n) is 12.6. The molecule has 2 aromatic heterocycles. The first-order valence-corrected chi connectivity index (χ1v) is 6.83. The van der Waals surface area contributed by atoms with Crippen LogP contribution in [0.4, 0.5) is 5.95 Å². The van der Waals surface area contributed by atoms with Crippen molar-refractivity contribution in [1.29, 1.82) is 0 Å². The Bertz CT molecular complexity index is 822. The number of nitrogens with one attached hydrogen (secondary N) is 1. The Balaban J connectivity index is 1.76. The molecular formula is C16H16N4O2. The van der Waals surface area contributed by atoms with E-state index in [-0.39, 0.29) is 0 Å². The number of fused-ring (bicyclic) bond motifs is 1. The van der Waals surface area contributed by atoms with E-state index in [1.165, 1.54) is 0 Å². The van der Waals surface area contributed by atoms with E-state index in [0.29, 0.717) is 11.7 Å². The van der Waals surface area contributed by atoms with Gasteiger partial charge in [0.2, 0.25) is 11.7 Å². The van der Waals surface area contributed by atoms with Gasteiger partial charge in [-0.2, -0.15) is 10.1 Å². The molecule has 22 heavy (non-hydrogen) atoms. The molecule has 0 radical (unpaired) electrons. The van der Waals surface area contributed by atoms with Crippen molar-refractivity contribution in [2.45, 2.75) is 13.8 Å². The van der Waals surface area contributed by atoms with E-state index >= 15 is 0 Å². The summed E-state index contributed by atoms with van der Waals surface area (Å²) < 4.78 is 10.6. The van der Waals surface area contributed by atoms with E-state index in [0.717, 1.165) is 28.2 Å². The average Bonchev–Trinajstić information content (AvgIpc) is 2.89. The Morgan fingerprint density at radius 2 is 1.95 bits per heavy atom. The maximum absolute atomic E-state index is 5.52. The number of ether oxygens (including phenoxy) is 1. The van der Waals surface area contributed by atoms with E-state index in [9.17, 15) is 0 Å². The summed E-state index contributed by atoms with van der Waals surface area (Å²) in [6, 6.07) is 9.50. The normalized spacial score (nSPS) is 11.2. The first-order chi connectivity index (χ1) is 10.7. The summed E-state index contributed by atoms with van der Waals surface area (Å²) in [7, 11) is 1.64. The van der Waals surface area contributed by atoms with Crippen LogP contribution >= 0.6 is 0 Å². The molecule has 0 saturated heterocycles. The molecule has 0 amide bonds. The van der Waals surface area contributed by atoms with Gasteiger partial charge in [0.1, 0.15) is 11.5 Å². The fraction of sp³-hybridized carbons (Fsp3) is 0.188. The summed E-state index contributed by atoms with van der Waals surface area (Å²) in [4.78, 5) is 8.65. The molecule has 1 aromatic carbocycles. The minimum absolute atomic E-state index is 0.407. The summed E-state index contributed by atoms with van der Waals surface area (Å²) in [6.45, 7) is 3.80. The Morgan fingerprint density at radius 1 is 1.18 bits per heavy atom. The maximum atomic E-state index is 5.52. The van der Waals surface area contributed by atoms with Crippen molar-refractivity contribution in [2.75, 3.05) is 12.5 Å². The van der Waals surface area contributed by atoms with Gasteiger partial charge in [0.25, 0.3) is 0 Å². The van der Waals surface area contributed by atoms with Crippen LogP contribution in [0.25, 0.3) is 11.1 Å². The number of anilines is 1. The Labute approximate surface area is 127 Å². The van der Waals surface area contributed by atoms with E-state index < -0.39 is 0 Å². The van der Waals surface area contributed by atoms with Gasteiger partial charge < -0.3 is 9.15 Å². The van der Waals surface area contributed by atoms with Gasteiger partial charge in [0.05, 0.1) is 24.4 Å². The predicted octanol–water partition coefficient (Wildman–Crippen LogP) is 3.29. The molecule has 6 nitrogen and oxygen atoms in total. The highest BCUT2D eigenvalue weighted by molar-refractivity contribution is 5.81. The Kier molecular flexibility index (Phi) is 3.74. The summed E-state index contributed by atoms with van der Waals surface area (Å²) >= 11 is 0. The molecule has 2 heterocycles. The number of nitrogens with zero attached hydrogens (tertiary/aromatic N) is 3. The van der Waals surface area contributed by atoms with Crippen LogP contribution in [-0.2, 0) is 0 Å². The number of hydrogen-bond donors (Lipinski definition) is 1. The molecule has 112 valence electrons. The van der Waals surface area contributed by atoms with Crippen LogP contribution in [0.3, 0.4) is 0 Å². The van der Waals surface area contributed by atoms with Crippen LogP contribution in [0.1, 0.15) is 17.0 Å². The number of methoxy groups -OCH3 is 1. The fourth-order valence-corrected chi connectivity index (χ4v) is 2.09. The van der Waals surface area contributed by atoms with Crippen molar-refractivity contribution in [3.63, 3.8) is 0 Å². The predicted molar refractivity (Wildman–Crippen MR) is 85.5 cm³/mol. The number of furan rings is 1. The summed E-state index contributed by atoms with van der Waals surface area (Å²) in [5.41, 5.74) is 5.18. The molecule has 0 bridgehead atoms.